The first-order chi connectivity index (χ1) is 6.19. The minimum atomic E-state index is 0.641. The van der Waals surface area contributed by atoms with Crippen LogP contribution in [0.3, 0.4) is 0 Å². The summed E-state index contributed by atoms with van der Waals surface area (Å²) in [6.45, 7) is 7.30. The molecule has 0 saturated carbocycles. The molecule has 1 atom stereocenters. The largest absolute Gasteiger partial charge is 0.326 e. The SMILES string of the molecule is CCC(C)c1ccc(CN)cc1C. The minimum Gasteiger partial charge on any atom is -0.326 e. The molecule has 0 fully saturated rings. The summed E-state index contributed by atoms with van der Waals surface area (Å²) < 4.78 is 0. The van der Waals surface area contributed by atoms with Crippen LogP contribution in [0.5, 0.6) is 0 Å². The zero-order valence-corrected chi connectivity index (χ0v) is 8.80. The Labute approximate surface area is 81.0 Å². The highest BCUT2D eigenvalue weighted by molar-refractivity contribution is 5.33. The van der Waals surface area contributed by atoms with Gasteiger partial charge in [0.05, 0.1) is 0 Å². The van der Waals surface area contributed by atoms with E-state index in [4.69, 9.17) is 5.73 Å². The molecule has 1 nitrogen and oxygen atoms in total. The molecule has 0 heterocycles. The second-order valence-electron chi connectivity index (χ2n) is 3.70. The third-order valence-electron chi connectivity index (χ3n) is 2.71. The summed E-state index contributed by atoms with van der Waals surface area (Å²) in [7, 11) is 0. The van der Waals surface area contributed by atoms with Crippen LogP contribution in [0.2, 0.25) is 0 Å². The molecule has 2 N–H and O–H groups in total. The molecule has 0 saturated heterocycles. The number of hydrogen-bond acceptors (Lipinski definition) is 1. The van der Waals surface area contributed by atoms with Crippen LogP contribution in [-0.4, -0.2) is 0 Å². The van der Waals surface area contributed by atoms with E-state index < -0.39 is 0 Å². The molecule has 0 aliphatic carbocycles. The molecule has 1 heteroatoms. The van der Waals surface area contributed by atoms with Gasteiger partial charge in [0, 0.05) is 6.54 Å². The molecule has 0 aromatic heterocycles. The normalized spacial score (nSPS) is 12.9. The second-order valence-corrected chi connectivity index (χ2v) is 3.70. The van der Waals surface area contributed by atoms with Gasteiger partial charge in [0.25, 0.3) is 0 Å². The number of benzene rings is 1. The highest BCUT2D eigenvalue weighted by atomic mass is 14.5. The van der Waals surface area contributed by atoms with Crippen LogP contribution in [0.4, 0.5) is 0 Å². The Morgan fingerprint density at radius 1 is 1.38 bits per heavy atom. The highest BCUT2D eigenvalue weighted by Crippen LogP contribution is 2.22. The first-order valence-electron chi connectivity index (χ1n) is 4.98. The van der Waals surface area contributed by atoms with Crippen LogP contribution in [0.15, 0.2) is 18.2 Å². The average Bonchev–Trinajstić information content (AvgIpc) is 2.16. The zero-order valence-electron chi connectivity index (χ0n) is 8.80. The lowest BCUT2D eigenvalue weighted by atomic mass is 9.93. The Balaban J connectivity index is 2.98. The lowest BCUT2D eigenvalue weighted by molar-refractivity contribution is 0.727. The van der Waals surface area contributed by atoms with E-state index in [1.807, 2.05) is 0 Å². The summed E-state index contributed by atoms with van der Waals surface area (Å²) in [6.07, 6.45) is 1.20. The second kappa shape index (κ2) is 4.43. The highest BCUT2D eigenvalue weighted by Gasteiger charge is 2.05. The Kier molecular flexibility index (Phi) is 3.49. The molecule has 0 bridgehead atoms. The van der Waals surface area contributed by atoms with E-state index >= 15 is 0 Å². The predicted octanol–water partition coefficient (Wildman–Crippen LogP) is 2.97. The third-order valence-corrected chi connectivity index (χ3v) is 2.71. The van der Waals surface area contributed by atoms with Gasteiger partial charge in [-0.15, -0.1) is 0 Å². The van der Waals surface area contributed by atoms with Crippen LogP contribution in [0.1, 0.15) is 42.9 Å². The van der Waals surface area contributed by atoms with E-state index in [1.165, 1.54) is 23.1 Å². The molecule has 0 aliphatic rings. The van der Waals surface area contributed by atoms with E-state index in [2.05, 4.69) is 39.0 Å². The Hall–Kier alpha value is -0.820. The molecule has 0 radical (unpaired) electrons. The van der Waals surface area contributed by atoms with Gasteiger partial charge in [-0.3, -0.25) is 0 Å². The van der Waals surface area contributed by atoms with Gasteiger partial charge in [0.2, 0.25) is 0 Å². The van der Waals surface area contributed by atoms with Crippen molar-refractivity contribution in [2.75, 3.05) is 0 Å². The van der Waals surface area contributed by atoms with Crippen molar-refractivity contribution in [3.05, 3.63) is 34.9 Å². The third kappa shape index (κ3) is 2.31. The van der Waals surface area contributed by atoms with Crippen LogP contribution in [0.25, 0.3) is 0 Å². The summed E-state index contributed by atoms with van der Waals surface area (Å²) in [5.41, 5.74) is 9.63. The minimum absolute atomic E-state index is 0.641. The topological polar surface area (TPSA) is 26.0 Å². The fourth-order valence-electron chi connectivity index (χ4n) is 1.64. The smallest absolute Gasteiger partial charge is 0.0178 e. The Morgan fingerprint density at radius 2 is 2.08 bits per heavy atom. The fraction of sp³-hybridized carbons (Fsp3) is 0.500. The first kappa shape index (κ1) is 10.3. The summed E-state index contributed by atoms with van der Waals surface area (Å²) in [6, 6.07) is 6.54. The van der Waals surface area contributed by atoms with Gasteiger partial charge < -0.3 is 5.73 Å². The maximum Gasteiger partial charge on any atom is 0.0178 e. The van der Waals surface area contributed by atoms with Gasteiger partial charge in [-0.2, -0.15) is 0 Å². The van der Waals surface area contributed by atoms with E-state index in [9.17, 15) is 0 Å². The molecule has 72 valence electrons. The van der Waals surface area contributed by atoms with Crippen molar-refractivity contribution in [1.82, 2.24) is 0 Å². The molecule has 1 aromatic carbocycles. The van der Waals surface area contributed by atoms with Crippen LogP contribution in [-0.2, 0) is 6.54 Å². The molecule has 1 aromatic rings. The van der Waals surface area contributed by atoms with Crippen molar-refractivity contribution in [3.8, 4) is 0 Å². The molecule has 0 amide bonds. The zero-order chi connectivity index (χ0) is 9.84. The molecule has 1 rings (SSSR count). The van der Waals surface area contributed by atoms with Crippen LogP contribution in [0, 0.1) is 6.92 Å². The molecule has 0 spiro atoms. The van der Waals surface area contributed by atoms with E-state index in [0.717, 1.165) is 0 Å². The molecular formula is C12H19N. The summed E-state index contributed by atoms with van der Waals surface area (Å²) in [4.78, 5) is 0. The van der Waals surface area contributed by atoms with Gasteiger partial charge in [0.1, 0.15) is 0 Å². The molecule has 0 aliphatic heterocycles. The van der Waals surface area contributed by atoms with E-state index in [-0.39, 0.29) is 0 Å². The van der Waals surface area contributed by atoms with Crippen LogP contribution < -0.4 is 5.73 Å². The Morgan fingerprint density at radius 3 is 2.54 bits per heavy atom. The van der Waals surface area contributed by atoms with E-state index in [1.54, 1.807) is 0 Å². The number of aryl methyl sites for hydroxylation is 1. The van der Waals surface area contributed by atoms with Crippen molar-refractivity contribution in [3.63, 3.8) is 0 Å². The Bertz CT molecular complexity index is 278. The van der Waals surface area contributed by atoms with Crippen LogP contribution >= 0.6 is 0 Å². The van der Waals surface area contributed by atoms with Gasteiger partial charge in [-0.25, -0.2) is 0 Å². The number of rotatable bonds is 3. The number of hydrogen-bond donors (Lipinski definition) is 1. The van der Waals surface area contributed by atoms with Gasteiger partial charge in [0.15, 0.2) is 0 Å². The van der Waals surface area contributed by atoms with Gasteiger partial charge >= 0.3 is 0 Å². The quantitative estimate of drug-likeness (QED) is 0.754. The molecule has 1 unspecified atom stereocenters. The van der Waals surface area contributed by atoms with Crippen molar-refractivity contribution in [2.24, 2.45) is 5.73 Å². The lowest BCUT2D eigenvalue weighted by Gasteiger charge is -2.13. The lowest BCUT2D eigenvalue weighted by Crippen LogP contribution is -2.00. The van der Waals surface area contributed by atoms with Crippen molar-refractivity contribution < 1.29 is 0 Å². The average molecular weight is 177 g/mol. The summed E-state index contributed by atoms with van der Waals surface area (Å²) >= 11 is 0. The maximum absolute atomic E-state index is 5.58. The van der Waals surface area contributed by atoms with Crippen molar-refractivity contribution in [1.29, 1.82) is 0 Å². The molecule has 13 heavy (non-hydrogen) atoms. The first-order valence-corrected chi connectivity index (χ1v) is 4.98. The predicted molar refractivity (Wildman–Crippen MR) is 57.8 cm³/mol. The van der Waals surface area contributed by atoms with Gasteiger partial charge in [-0.05, 0) is 36.0 Å². The maximum atomic E-state index is 5.58. The fourth-order valence-corrected chi connectivity index (χ4v) is 1.64. The monoisotopic (exact) mass is 177 g/mol. The molecular weight excluding hydrogens is 158 g/mol. The summed E-state index contributed by atoms with van der Waals surface area (Å²) in [5, 5.41) is 0. The number of nitrogens with two attached hydrogens (primary N) is 1. The summed E-state index contributed by atoms with van der Waals surface area (Å²) in [5.74, 6) is 0.659. The standard InChI is InChI=1S/C12H19N/c1-4-9(2)12-6-5-11(8-13)7-10(12)3/h5-7,9H,4,8,13H2,1-3H3. The van der Waals surface area contributed by atoms with Crippen molar-refractivity contribution >= 4 is 0 Å². The van der Waals surface area contributed by atoms with Gasteiger partial charge in [-0.1, -0.05) is 32.0 Å². The van der Waals surface area contributed by atoms with Crippen molar-refractivity contribution in [2.45, 2.75) is 39.7 Å². The van der Waals surface area contributed by atoms with E-state index in [0.29, 0.717) is 12.5 Å².